The Morgan fingerprint density at radius 2 is 1.91 bits per heavy atom. The van der Waals surface area contributed by atoms with Gasteiger partial charge in [-0.2, -0.15) is 0 Å². The SMILES string of the molecule is Cn1cccc1C(=O)NC1CC2C(=O)NC3CCN(C(=O)C(O)c4ccccc4)C3C(=O)N2C1. The van der Waals surface area contributed by atoms with E-state index < -0.39 is 30.1 Å². The Bertz CT molecular complexity index is 1130. The lowest BCUT2D eigenvalue weighted by Crippen LogP contribution is -2.53. The van der Waals surface area contributed by atoms with Crippen LogP contribution in [0.4, 0.5) is 0 Å². The number of amides is 4. The molecular formula is C24H27N5O5. The number of aliphatic hydroxyl groups excluding tert-OH is 1. The van der Waals surface area contributed by atoms with Gasteiger partial charge in [0.25, 0.3) is 11.8 Å². The summed E-state index contributed by atoms with van der Waals surface area (Å²) in [4.78, 5) is 55.2. The van der Waals surface area contributed by atoms with E-state index in [9.17, 15) is 24.3 Å². The third-order valence-corrected chi connectivity index (χ3v) is 7.01. The van der Waals surface area contributed by atoms with E-state index in [-0.39, 0.29) is 36.9 Å². The Labute approximate surface area is 196 Å². The second-order valence-corrected chi connectivity index (χ2v) is 9.11. The number of carbonyl (C=O) groups is 4. The topological polar surface area (TPSA) is 124 Å². The second kappa shape index (κ2) is 8.60. The summed E-state index contributed by atoms with van der Waals surface area (Å²) in [5, 5.41) is 16.5. The molecule has 34 heavy (non-hydrogen) atoms. The van der Waals surface area contributed by atoms with Gasteiger partial charge in [0, 0.05) is 32.4 Å². The fourth-order valence-electron chi connectivity index (χ4n) is 5.27. The summed E-state index contributed by atoms with van der Waals surface area (Å²) in [5.41, 5.74) is 0.934. The quantitative estimate of drug-likeness (QED) is 0.565. The first-order chi connectivity index (χ1) is 16.3. The number of hydrogen-bond acceptors (Lipinski definition) is 5. The standard InChI is InChI=1S/C24H27N5O5/c1-27-10-5-8-17(27)21(31)25-15-12-18-22(32)26-16-9-11-28(19(16)23(33)29(18)13-15)24(34)20(30)14-6-3-2-4-7-14/h2-8,10,15-16,18-20,30H,9,11-13H2,1H3,(H,25,31)(H,26,32). The molecule has 3 N–H and O–H groups in total. The predicted octanol–water partition coefficient (Wildman–Crippen LogP) is -0.443. The molecule has 0 saturated carbocycles. The number of fused-ring (bicyclic) bond motifs is 2. The van der Waals surface area contributed by atoms with E-state index in [1.54, 1.807) is 60.3 Å². The minimum atomic E-state index is -1.39. The summed E-state index contributed by atoms with van der Waals surface area (Å²) in [6.07, 6.45) is 1.11. The second-order valence-electron chi connectivity index (χ2n) is 9.11. The molecule has 10 nitrogen and oxygen atoms in total. The van der Waals surface area contributed by atoms with Crippen LogP contribution in [0.2, 0.25) is 0 Å². The van der Waals surface area contributed by atoms with Crippen LogP contribution in [0.15, 0.2) is 48.7 Å². The Kier molecular flexibility index (Phi) is 5.60. The summed E-state index contributed by atoms with van der Waals surface area (Å²) >= 11 is 0. The maximum Gasteiger partial charge on any atom is 0.268 e. The van der Waals surface area contributed by atoms with Crippen LogP contribution in [0.1, 0.15) is 35.0 Å². The summed E-state index contributed by atoms with van der Waals surface area (Å²) in [7, 11) is 1.77. The Balaban J connectivity index is 1.33. The molecule has 0 aliphatic carbocycles. The maximum atomic E-state index is 13.6. The summed E-state index contributed by atoms with van der Waals surface area (Å²) in [5.74, 6) is -1.46. The number of hydrogen-bond donors (Lipinski definition) is 3. The number of nitrogens with zero attached hydrogens (tertiary/aromatic N) is 3. The van der Waals surface area contributed by atoms with Crippen molar-refractivity contribution in [3.63, 3.8) is 0 Å². The number of aromatic nitrogens is 1. The van der Waals surface area contributed by atoms with Gasteiger partial charge in [-0.25, -0.2) is 0 Å². The normalized spacial score (nSPS) is 27.0. The summed E-state index contributed by atoms with van der Waals surface area (Å²) < 4.78 is 1.70. The van der Waals surface area contributed by atoms with E-state index in [1.165, 1.54) is 9.80 Å². The molecule has 4 amide bonds. The Morgan fingerprint density at radius 3 is 2.62 bits per heavy atom. The zero-order valence-electron chi connectivity index (χ0n) is 18.8. The first kappa shape index (κ1) is 22.1. The highest BCUT2D eigenvalue weighted by molar-refractivity contribution is 5.98. The van der Waals surface area contributed by atoms with Gasteiger partial charge >= 0.3 is 0 Å². The molecule has 5 atom stereocenters. The minimum Gasteiger partial charge on any atom is -0.378 e. The smallest absolute Gasteiger partial charge is 0.268 e. The first-order valence-corrected chi connectivity index (χ1v) is 11.4. The van der Waals surface area contributed by atoms with Crippen LogP contribution in [0, 0.1) is 0 Å². The molecule has 0 radical (unpaired) electrons. The third-order valence-electron chi connectivity index (χ3n) is 7.01. The van der Waals surface area contributed by atoms with Crippen molar-refractivity contribution in [1.82, 2.24) is 25.0 Å². The van der Waals surface area contributed by atoms with E-state index >= 15 is 0 Å². The number of nitrogens with one attached hydrogen (secondary N) is 2. The molecule has 5 rings (SSSR count). The molecule has 5 unspecified atom stereocenters. The molecule has 0 spiro atoms. The zero-order valence-corrected chi connectivity index (χ0v) is 18.8. The van der Waals surface area contributed by atoms with Gasteiger partial charge in [0.05, 0.1) is 6.04 Å². The third kappa shape index (κ3) is 3.73. The van der Waals surface area contributed by atoms with Crippen molar-refractivity contribution < 1.29 is 24.3 Å². The molecule has 3 aliphatic heterocycles. The van der Waals surface area contributed by atoms with Crippen LogP contribution in [0.25, 0.3) is 0 Å². The van der Waals surface area contributed by atoms with Gasteiger partial charge in [0.1, 0.15) is 17.8 Å². The predicted molar refractivity (Wildman–Crippen MR) is 120 cm³/mol. The highest BCUT2D eigenvalue weighted by Gasteiger charge is 2.53. The van der Waals surface area contributed by atoms with Gasteiger partial charge in [0.15, 0.2) is 6.10 Å². The molecule has 2 aromatic rings. The fraction of sp³-hybridized carbons (Fsp3) is 0.417. The van der Waals surface area contributed by atoms with E-state index in [0.29, 0.717) is 24.1 Å². The maximum absolute atomic E-state index is 13.6. The average molecular weight is 466 g/mol. The number of carbonyl (C=O) groups excluding carboxylic acids is 4. The van der Waals surface area contributed by atoms with E-state index in [4.69, 9.17) is 0 Å². The van der Waals surface area contributed by atoms with Crippen molar-refractivity contribution in [2.45, 2.75) is 43.1 Å². The number of aryl methyl sites for hydroxylation is 1. The lowest BCUT2D eigenvalue weighted by Gasteiger charge is -2.30. The van der Waals surface area contributed by atoms with Crippen LogP contribution >= 0.6 is 0 Å². The van der Waals surface area contributed by atoms with Crippen molar-refractivity contribution in [3.8, 4) is 0 Å². The highest BCUT2D eigenvalue weighted by atomic mass is 16.3. The van der Waals surface area contributed by atoms with Crippen molar-refractivity contribution in [2.24, 2.45) is 7.05 Å². The van der Waals surface area contributed by atoms with E-state index in [0.717, 1.165) is 0 Å². The molecule has 3 saturated heterocycles. The molecule has 3 fully saturated rings. The molecule has 0 bridgehead atoms. The Hall–Kier alpha value is -3.66. The number of rotatable bonds is 4. The van der Waals surface area contributed by atoms with Gasteiger partial charge in [-0.15, -0.1) is 0 Å². The van der Waals surface area contributed by atoms with Crippen molar-refractivity contribution in [1.29, 1.82) is 0 Å². The van der Waals surface area contributed by atoms with Gasteiger partial charge < -0.3 is 30.1 Å². The summed E-state index contributed by atoms with van der Waals surface area (Å²) in [6, 6.07) is 9.53. The fourth-order valence-corrected chi connectivity index (χ4v) is 5.27. The van der Waals surface area contributed by atoms with Crippen LogP contribution in [0.3, 0.4) is 0 Å². The lowest BCUT2D eigenvalue weighted by molar-refractivity contribution is -0.149. The zero-order chi connectivity index (χ0) is 24.0. The molecular weight excluding hydrogens is 438 g/mol. The molecule has 1 aromatic heterocycles. The number of likely N-dealkylation sites (tertiary alicyclic amines) is 1. The van der Waals surface area contributed by atoms with Crippen LogP contribution < -0.4 is 10.6 Å². The molecule has 1 aromatic carbocycles. The van der Waals surface area contributed by atoms with Crippen molar-refractivity contribution in [2.75, 3.05) is 13.1 Å². The van der Waals surface area contributed by atoms with E-state index in [1.807, 2.05) is 0 Å². The molecule has 10 heteroatoms. The van der Waals surface area contributed by atoms with Crippen LogP contribution in [0.5, 0.6) is 0 Å². The first-order valence-electron chi connectivity index (χ1n) is 11.4. The van der Waals surface area contributed by atoms with Gasteiger partial charge in [0.2, 0.25) is 11.8 Å². The monoisotopic (exact) mass is 465 g/mol. The molecule has 3 aliphatic rings. The highest BCUT2D eigenvalue weighted by Crippen LogP contribution is 2.31. The van der Waals surface area contributed by atoms with Crippen molar-refractivity contribution in [3.05, 3.63) is 59.9 Å². The van der Waals surface area contributed by atoms with Crippen LogP contribution in [-0.4, -0.2) is 80.4 Å². The van der Waals surface area contributed by atoms with Crippen LogP contribution in [-0.2, 0) is 21.4 Å². The largest absolute Gasteiger partial charge is 0.378 e. The van der Waals surface area contributed by atoms with Gasteiger partial charge in [-0.1, -0.05) is 30.3 Å². The number of benzene rings is 1. The average Bonchev–Trinajstić information content (AvgIpc) is 3.55. The number of aliphatic hydroxyl groups is 1. The van der Waals surface area contributed by atoms with Crippen molar-refractivity contribution >= 4 is 23.6 Å². The lowest BCUT2D eigenvalue weighted by atomic mass is 10.1. The van der Waals surface area contributed by atoms with Gasteiger partial charge in [-0.05, 0) is 30.5 Å². The van der Waals surface area contributed by atoms with E-state index in [2.05, 4.69) is 10.6 Å². The molecule has 4 heterocycles. The van der Waals surface area contributed by atoms with Gasteiger partial charge in [-0.3, -0.25) is 19.2 Å². The minimum absolute atomic E-state index is 0.180. The summed E-state index contributed by atoms with van der Waals surface area (Å²) in [6.45, 7) is 0.440. The molecule has 178 valence electrons. The Morgan fingerprint density at radius 1 is 1.15 bits per heavy atom.